The standard InChI is InChI=1S/C21H26N2O2/c1-16-9-11-19(12-10-16)14-23(3)15-21(25)22-20(17(2)24)13-18-7-5-4-6-8-18/h4-12,20H,13-15H2,1-3H3,(H,22,25)/p+1/t20-/m0/s1. The molecular weight excluding hydrogens is 312 g/mol. The molecule has 2 aromatic carbocycles. The van der Waals surface area contributed by atoms with Crippen LogP contribution in [0.4, 0.5) is 0 Å². The van der Waals surface area contributed by atoms with Crippen molar-refractivity contribution in [2.45, 2.75) is 32.9 Å². The second kappa shape index (κ2) is 9.14. The Kier molecular flexibility index (Phi) is 6.90. The topological polar surface area (TPSA) is 50.6 Å². The SMILES string of the molecule is CC(=O)[C@H](Cc1ccccc1)NC(=O)C[NH+](C)Cc1ccc(C)cc1. The fourth-order valence-corrected chi connectivity index (χ4v) is 2.78. The van der Waals surface area contributed by atoms with Gasteiger partial charge in [0.2, 0.25) is 0 Å². The van der Waals surface area contributed by atoms with Crippen LogP contribution in [0.1, 0.15) is 23.6 Å². The highest BCUT2D eigenvalue weighted by molar-refractivity contribution is 5.88. The van der Waals surface area contributed by atoms with E-state index in [1.54, 1.807) is 0 Å². The summed E-state index contributed by atoms with van der Waals surface area (Å²) in [5.74, 6) is -0.117. The summed E-state index contributed by atoms with van der Waals surface area (Å²) in [5, 5.41) is 2.88. The molecule has 2 rings (SSSR count). The van der Waals surface area contributed by atoms with Gasteiger partial charge in [0.05, 0.1) is 13.1 Å². The lowest BCUT2D eigenvalue weighted by atomic mass is 10.0. The molecule has 25 heavy (non-hydrogen) atoms. The number of benzene rings is 2. The monoisotopic (exact) mass is 339 g/mol. The van der Waals surface area contributed by atoms with E-state index in [1.165, 1.54) is 18.1 Å². The average molecular weight is 339 g/mol. The van der Waals surface area contributed by atoms with Crippen LogP contribution in [0, 0.1) is 6.92 Å². The first-order chi connectivity index (χ1) is 11.9. The third-order valence-corrected chi connectivity index (χ3v) is 4.20. The number of aryl methyl sites for hydroxylation is 1. The summed E-state index contributed by atoms with van der Waals surface area (Å²) in [6.07, 6.45) is 0.527. The quantitative estimate of drug-likeness (QED) is 0.762. The molecule has 0 bridgehead atoms. The van der Waals surface area contributed by atoms with Gasteiger partial charge in [-0.1, -0.05) is 60.2 Å². The van der Waals surface area contributed by atoms with Crippen molar-refractivity contribution in [3.63, 3.8) is 0 Å². The zero-order valence-corrected chi connectivity index (χ0v) is 15.2. The molecule has 0 heterocycles. The van der Waals surface area contributed by atoms with Gasteiger partial charge in [-0.05, 0) is 25.8 Å². The number of quaternary nitrogens is 1. The summed E-state index contributed by atoms with van der Waals surface area (Å²) < 4.78 is 0. The molecule has 0 aromatic heterocycles. The molecule has 0 aliphatic heterocycles. The number of amides is 1. The van der Waals surface area contributed by atoms with Gasteiger partial charge in [-0.15, -0.1) is 0 Å². The molecule has 0 fully saturated rings. The van der Waals surface area contributed by atoms with E-state index in [1.807, 2.05) is 37.4 Å². The number of rotatable bonds is 8. The number of nitrogens with one attached hydrogen (secondary N) is 2. The van der Waals surface area contributed by atoms with E-state index in [0.29, 0.717) is 13.0 Å². The van der Waals surface area contributed by atoms with E-state index in [-0.39, 0.29) is 11.7 Å². The molecule has 132 valence electrons. The minimum Gasteiger partial charge on any atom is -0.341 e. The van der Waals surface area contributed by atoms with Gasteiger partial charge >= 0.3 is 0 Å². The Balaban J connectivity index is 1.87. The highest BCUT2D eigenvalue weighted by Gasteiger charge is 2.19. The van der Waals surface area contributed by atoms with E-state index >= 15 is 0 Å². The summed E-state index contributed by atoms with van der Waals surface area (Å²) in [6.45, 7) is 4.70. The fourth-order valence-electron chi connectivity index (χ4n) is 2.78. The maximum Gasteiger partial charge on any atom is 0.275 e. The van der Waals surface area contributed by atoms with Crippen molar-refractivity contribution in [3.8, 4) is 0 Å². The normalized spacial score (nSPS) is 13.1. The highest BCUT2D eigenvalue weighted by Crippen LogP contribution is 2.04. The van der Waals surface area contributed by atoms with Gasteiger partial charge in [-0.25, -0.2) is 0 Å². The molecule has 4 heteroatoms. The van der Waals surface area contributed by atoms with Crippen molar-refractivity contribution in [2.75, 3.05) is 13.6 Å². The van der Waals surface area contributed by atoms with Crippen LogP contribution in [0.5, 0.6) is 0 Å². The first-order valence-corrected chi connectivity index (χ1v) is 8.64. The predicted octanol–water partition coefficient (Wildman–Crippen LogP) is 1.33. The summed E-state index contributed by atoms with van der Waals surface area (Å²) >= 11 is 0. The Morgan fingerprint density at radius 1 is 1.00 bits per heavy atom. The van der Waals surface area contributed by atoms with Crippen LogP contribution in [0.25, 0.3) is 0 Å². The highest BCUT2D eigenvalue weighted by atomic mass is 16.2. The van der Waals surface area contributed by atoms with Crippen molar-refractivity contribution < 1.29 is 14.5 Å². The van der Waals surface area contributed by atoms with Crippen LogP contribution in [0.15, 0.2) is 54.6 Å². The maximum atomic E-state index is 12.3. The second-order valence-corrected chi connectivity index (χ2v) is 6.72. The van der Waals surface area contributed by atoms with Gasteiger partial charge in [-0.2, -0.15) is 0 Å². The molecule has 4 nitrogen and oxygen atoms in total. The van der Waals surface area contributed by atoms with Crippen LogP contribution < -0.4 is 10.2 Å². The molecule has 0 aliphatic carbocycles. The number of carbonyl (C=O) groups excluding carboxylic acids is 2. The average Bonchev–Trinajstić information content (AvgIpc) is 2.57. The van der Waals surface area contributed by atoms with Crippen LogP contribution in [0.3, 0.4) is 0 Å². The third-order valence-electron chi connectivity index (χ3n) is 4.20. The largest absolute Gasteiger partial charge is 0.341 e. The Hall–Kier alpha value is -2.46. The van der Waals surface area contributed by atoms with E-state index in [2.05, 4.69) is 36.5 Å². The van der Waals surface area contributed by atoms with E-state index in [0.717, 1.165) is 17.0 Å². The number of likely N-dealkylation sites (N-methyl/N-ethyl adjacent to an activating group) is 1. The van der Waals surface area contributed by atoms with Gasteiger partial charge in [-0.3, -0.25) is 9.59 Å². The zero-order chi connectivity index (χ0) is 18.2. The molecule has 0 spiro atoms. The fraction of sp³-hybridized carbons (Fsp3) is 0.333. The van der Waals surface area contributed by atoms with Crippen molar-refractivity contribution in [1.82, 2.24) is 5.32 Å². The Labute approximate surface area is 149 Å². The molecule has 0 radical (unpaired) electrons. The lowest BCUT2D eigenvalue weighted by Crippen LogP contribution is -3.09. The molecule has 0 saturated carbocycles. The molecule has 2 N–H and O–H groups in total. The van der Waals surface area contributed by atoms with Crippen molar-refractivity contribution >= 4 is 11.7 Å². The smallest absolute Gasteiger partial charge is 0.275 e. The molecule has 1 amide bonds. The first-order valence-electron chi connectivity index (χ1n) is 8.64. The third kappa shape index (κ3) is 6.51. The van der Waals surface area contributed by atoms with Gasteiger partial charge in [0, 0.05) is 5.56 Å². The summed E-state index contributed by atoms with van der Waals surface area (Å²) in [5.41, 5.74) is 3.47. The summed E-state index contributed by atoms with van der Waals surface area (Å²) in [7, 11) is 1.99. The van der Waals surface area contributed by atoms with Gasteiger partial charge in [0.15, 0.2) is 12.3 Å². The van der Waals surface area contributed by atoms with Crippen LogP contribution in [0.2, 0.25) is 0 Å². The molecule has 0 saturated heterocycles. The minimum absolute atomic E-state index is 0.0200. The van der Waals surface area contributed by atoms with Crippen molar-refractivity contribution in [1.29, 1.82) is 0 Å². The number of hydrogen-bond acceptors (Lipinski definition) is 2. The zero-order valence-electron chi connectivity index (χ0n) is 15.2. The Morgan fingerprint density at radius 3 is 2.24 bits per heavy atom. The Morgan fingerprint density at radius 2 is 1.64 bits per heavy atom. The second-order valence-electron chi connectivity index (χ2n) is 6.72. The van der Waals surface area contributed by atoms with E-state index in [9.17, 15) is 9.59 Å². The lowest BCUT2D eigenvalue weighted by Gasteiger charge is -2.18. The lowest BCUT2D eigenvalue weighted by molar-refractivity contribution is -0.885. The summed E-state index contributed by atoms with van der Waals surface area (Å²) in [4.78, 5) is 25.3. The van der Waals surface area contributed by atoms with Gasteiger partial charge < -0.3 is 10.2 Å². The van der Waals surface area contributed by atoms with E-state index in [4.69, 9.17) is 0 Å². The molecule has 1 unspecified atom stereocenters. The summed E-state index contributed by atoms with van der Waals surface area (Å²) in [6, 6.07) is 17.6. The molecule has 2 aromatic rings. The number of Topliss-reactive ketones (excluding diaryl/α,β-unsaturated/α-hetero) is 1. The number of ketones is 1. The molecule has 2 atom stereocenters. The number of hydrogen-bond donors (Lipinski definition) is 2. The van der Waals surface area contributed by atoms with Crippen molar-refractivity contribution in [3.05, 3.63) is 71.3 Å². The van der Waals surface area contributed by atoms with Crippen LogP contribution in [-0.4, -0.2) is 31.3 Å². The maximum absolute atomic E-state index is 12.3. The predicted molar refractivity (Wildman–Crippen MR) is 99.4 cm³/mol. The Bertz CT molecular complexity index is 696. The van der Waals surface area contributed by atoms with Crippen LogP contribution >= 0.6 is 0 Å². The van der Waals surface area contributed by atoms with Crippen molar-refractivity contribution in [2.24, 2.45) is 0 Å². The first kappa shape index (κ1) is 18.9. The van der Waals surface area contributed by atoms with Gasteiger partial charge in [0.1, 0.15) is 6.54 Å². The van der Waals surface area contributed by atoms with Crippen LogP contribution in [-0.2, 0) is 22.6 Å². The molecule has 0 aliphatic rings. The minimum atomic E-state index is -0.470. The number of carbonyl (C=O) groups is 2. The van der Waals surface area contributed by atoms with Gasteiger partial charge in [0.25, 0.3) is 5.91 Å². The molecular formula is C21H27N2O2+. The van der Waals surface area contributed by atoms with E-state index < -0.39 is 6.04 Å².